The highest BCUT2D eigenvalue weighted by atomic mass is 32.2. The van der Waals surface area contributed by atoms with Crippen LogP contribution >= 0.6 is 0 Å². The summed E-state index contributed by atoms with van der Waals surface area (Å²) in [5.74, 6) is 0.607. The summed E-state index contributed by atoms with van der Waals surface area (Å²) in [5, 5.41) is 3.37. The lowest BCUT2D eigenvalue weighted by molar-refractivity contribution is -0.141. The lowest BCUT2D eigenvalue weighted by Crippen LogP contribution is -2.28. The van der Waals surface area contributed by atoms with Gasteiger partial charge in [-0.15, -0.1) is 0 Å². The Morgan fingerprint density at radius 2 is 1.84 bits per heavy atom. The quantitative estimate of drug-likeness (QED) is 0.840. The molecule has 0 amide bonds. The maximum atomic E-state index is 12.5. The highest BCUT2D eigenvalue weighted by Crippen LogP contribution is 2.27. The first kappa shape index (κ1) is 19.3. The number of hydrogen-bond acceptors (Lipinski definition) is 4. The standard InChI is InChI=1S/C15H18F3N3O3S/c1-10-8-12(9-11(2)14(10)24-3)25(22,23)19-5-7-21-6-4-13(20-21)15(16,17)18/h4,6,8-9,19H,5,7H2,1-3H3. The Balaban J connectivity index is 2.06. The van der Waals surface area contributed by atoms with Crippen LogP contribution in [0.1, 0.15) is 16.8 Å². The van der Waals surface area contributed by atoms with Crippen molar-refractivity contribution in [2.45, 2.75) is 31.5 Å². The van der Waals surface area contributed by atoms with E-state index in [1.54, 1.807) is 13.8 Å². The van der Waals surface area contributed by atoms with Crippen molar-refractivity contribution in [1.82, 2.24) is 14.5 Å². The van der Waals surface area contributed by atoms with Crippen LogP contribution in [-0.2, 0) is 22.7 Å². The number of nitrogens with zero attached hydrogens (tertiary/aromatic N) is 2. The fourth-order valence-electron chi connectivity index (χ4n) is 2.40. The van der Waals surface area contributed by atoms with E-state index in [0.717, 1.165) is 16.9 Å². The summed E-state index contributed by atoms with van der Waals surface area (Å²) in [6.07, 6.45) is -3.37. The molecule has 2 aromatic rings. The summed E-state index contributed by atoms with van der Waals surface area (Å²) in [6, 6.07) is 3.79. The van der Waals surface area contributed by atoms with Gasteiger partial charge in [-0.1, -0.05) is 0 Å². The van der Waals surface area contributed by atoms with Crippen molar-refractivity contribution in [1.29, 1.82) is 0 Å². The van der Waals surface area contributed by atoms with Crippen molar-refractivity contribution in [3.05, 3.63) is 41.2 Å². The smallest absolute Gasteiger partial charge is 0.435 e. The lowest BCUT2D eigenvalue weighted by atomic mass is 10.1. The summed E-state index contributed by atoms with van der Waals surface area (Å²) in [4.78, 5) is 0.0692. The van der Waals surface area contributed by atoms with Crippen LogP contribution in [0.2, 0.25) is 0 Å². The van der Waals surface area contributed by atoms with Gasteiger partial charge in [0.2, 0.25) is 10.0 Å². The molecule has 0 aliphatic carbocycles. The van der Waals surface area contributed by atoms with Gasteiger partial charge in [0.1, 0.15) is 5.75 Å². The molecule has 6 nitrogen and oxygen atoms in total. The van der Waals surface area contributed by atoms with E-state index in [1.165, 1.54) is 19.2 Å². The largest absolute Gasteiger partial charge is 0.496 e. The fraction of sp³-hybridized carbons (Fsp3) is 0.400. The number of aromatic nitrogens is 2. The topological polar surface area (TPSA) is 73.2 Å². The summed E-state index contributed by atoms with van der Waals surface area (Å²) >= 11 is 0. The average molecular weight is 377 g/mol. The zero-order valence-electron chi connectivity index (χ0n) is 13.9. The molecule has 1 aromatic carbocycles. The van der Waals surface area contributed by atoms with Crippen LogP contribution in [0.3, 0.4) is 0 Å². The van der Waals surface area contributed by atoms with Crippen molar-refractivity contribution in [3.8, 4) is 5.75 Å². The predicted molar refractivity (Wildman–Crippen MR) is 84.9 cm³/mol. The summed E-state index contributed by atoms with van der Waals surface area (Å²) in [5.41, 5.74) is 0.325. The molecule has 2 rings (SSSR count). The molecular weight excluding hydrogens is 359 g/mol. The predicted octanol–water partition coefficient (Wildman–Crippen LogP) is 2.51. The second-order valence-corrected chi connectivity index (χ2v) is 7.22. The molecule has 0 unspecified atom stereocenters. The molecule has 0 aliphatic heterocycles. The monoisotopic (exact) mass is 377 g/mol. The van der Waals surface area contributed by atoms with Crippen LogP contribution in [0.25, 0.3) is 0 Å². The third-order valence-corrected chi connectivity index (χ3v) is 4.95. The Bertz CT molecular complexity index is 837. The maximum Gasteiger partial charge on any atom is 0.435 e. The van der Waals surface area contributed by atoms with Gasteiger partial charge >= 0.3 is 6.18 Å². The molecule has 0 saturated heterocycles. The van der Waals surface area contributed by atoms with Gasteiger partial charge < -0.3 is 4.74 Å². The summed E-state index contributed by atoms with van der Waals surface area (Å²) in [6.45, 7) is 3.34. The van der Waals surface area contributed by atoms with E-state index in [0.29, 0.717) is 16.9 Å². The third-order valence-electron chi connectivity index (χ3n) is 3.51. The van der Waals surface area contributed by atoms with E-state index in [4.69, 9.17) is 4.74 Å². The number of ether oxygens (including phenoxy) is 1. The normalized spacial score (nSPS) is 12.4. The van der Waals surface area contributed by atoms with Gasteiger partial charge in [0.15, 0.2) is 5.69 Å². The molecule has 0 aliphatic rings. The molecule has 0 radical (unpaired) electrons. The molecule has 138 valence electrons. The number of nitrogens with one attached hydrogen (secondary N) is 1. The van der Waals surface area contributed by atoms with E-state index in [-0.39, 0.29) is 18.0 Å². The van der Waals surface area contributed by atoms with E-state index in [2.05, 4.69) is 9.82 Å². The van der Waals surface area contributed by atoms with Crippen LogP contribution in [0.4, 0.5) is 13.2 Å². The highest BCUT2D eigenvalue weighted by Gasteiger charge is 2.33. The molecule has 1 N–H and O–H groups in total. The Hall–Kier alpha value is -2.07. The Morgan fingerprint density at radius 1 is 1.24 bits per heavy atom. The van der Waals surface area contributed by atoms with Crippen LogP contribution in [0, 0.1) is 13.8 Å². The van der Waals surface area contributed by atoms with Crippen molar-refractivity contribution in [2.24, 2.45) is 0 Å². The highest BCUT2D eigenvalue weighted by molar-refractivity contribution is 7.89. The molecule has 0 atom stereocenters. The van der Waals surface area contributed by atoms with Crippen LogP contribution in [0.15, 0.2) is 29.3 Å². The Labute approximate surface area is 143 Å². The van der Waals surface area contributed by atoms with E-state index in [9.17, 15) is 21.6 Å². The minimum absolute atomic E-state index is 0.0244. The number of sulfonamides is 1. The molecule has 0 fully saturated rings. The number of rotatable bonds is 6. The van der Waals surface area contributed by atoms with E-state index >= 15 is 0 Å². The fourth-order valence-corrected chi connectivity index (χ4v) is 3.59. The van der Waals surface area contributed by atoms with Gasteiger partial charge in [-0.2, -0.15) is 18.3 Å². The minimum Gasteiger partial charge on any atom is -0.496 e. The molecule has 1 heterocycles. The van der Waals surface area contributed by atoms with Gasteiger partial charge in [0.25, 0.3) is 0 Å². The molecule has 25 heavy (non-hydrogen) atoms. The number of benzene rings is 1. The first-order valence-electron chi connectivity index (χ1n) is 7.30. The van der Waals surface area contributed by atoms with Crippen molar-refractivity contribution < 1.29 is 26.3 Å². The molecule has 1 aromatic heterocycles. The molecule has 0 bridgehead atoms. The number of hydrogen-bond donors (Lipinski definition) is 1. The molecular formula is C15H18F3N3O3S. The van der Waals surface area contributed by atoms with Gasteiger partial charge in [-0.05, 0) is 43.2 Å². The second-order valence-electron chi connectivity index (χ2n) is 5.45. The Kier molecular flexibility index (Phi) is 5.43. The number of halogens is 3. The van der Waals surface area contributed by atoms with Gasteiger partial charge in [0.05, 0.1) is 18.6 Å². The average Bonchev–Trinajstić information content (AvgIpc) is 2.95. The first-order chi connectivity index (χ1) is 11.5. The van der Waals surface area contributed by atoms with Crippen LogP contribution in [-0.4, -0.2) is 31.9 Å². The van der Waals surface area contributed by atoms with Crippen LogP contribution < -0.4 is 9.46 Å². The Morgan fingerprint density at radius 3 is 2.32 bits per heavy atom. The van der Waals surface area contributed by atoms with E-state index in [1.807, 2.05) is 0 Å². The summed E-state index contributed by atoms with van der Waals surface area (Å²) in [7, 11) is -2.29. The van der Waals surface area contributed by atoms with E-state index < -0.39 is 21.9 Å². The third kappa shape index (κ3) is 4.51. The zero-order valence-corrected chi connectivity index (χ0v) is 14.7. The SMILES string of the molecule is COc1c(C)cc(S(=O)(=O)NCCn2ccc(C(F)(F)F)n2)cc1C. The first-order valence-corrected chi connectivity index (χ1v) is 8.78. The lowest BCUT2D eigenvalue weighted by Gasteiger charge is -2.12. The van der Waals surface area contributed by atoms with Gasteiger partial charge in [0, 0.05) is 12.7 Å². The van der Waals surface area contributed by atoms with Gasteiger partial charge in [-0.3, -0.25) is 4.68 Å². The maximum absolute atomic E-state index is 12.5. The summed E-state index contributed by atoms with van der Waals surface area (Å²) < 4.78 is 70.7. The zero-order chi connectivity index (χ0) is 18.8. The number of aryl methyl sites for hydroxylation is 2. The van der Waals surface area contributed by atoms with Gasteiger partial charge in [-0.25, -0.2) is 13.1 Å². The number of alkyl halides is 3. The molecule has 0 saturated carbocycles. The minimum atomic E-state index is -4.52. The molecule has 0 spiro atoms. The molecule has 10 heteroatoms. The number of methoxy groups -OCH3 is 1. The van der Waals surface area contributed by atoms with Crippen molar-refractivity contribution in [3.63, 3.8) is 0 Å². The van der Waals surface area contributed by atoms with Crippen LogP contribution in [0.5, 0.6) is 5.75 Å². The second kappa shape index (κ2) is 7.04. The van der Waals surface area contributed by atoms with Crippen molar-refractivity contribution in [2.75, 3.05) is 13.7 Å². The van der Waals surface area contributed by atoms with Crippen molar-refractivity contribution >= 4 is 10.0 Å².